The number of ketones is 1. The van der Waals surface area contributed by atoms with Gasteiger partial charge in [0.1, 0.15) is 35.6 Å². The molecule has 0 unspecified atom stereocenters. The van der Waals surface area contributed by atoms with E-state index in [4.69, 9.17) is 0 Å². The lowest BCUT2D eigenvalue weighted by Crippen LogP contribution is -2.35. The maximum absolute atomic E-state index is 13.4. The molecule has 0 bridgehead atoms. The summed E-state index contributed by atoms with van der Waals surface area (Å²) < 4.78 is 28.2. The summed E-state index contributed by atoms with van der Waals surface area (Å²) in [6, 6.07) is 4.20. The molecule has 2 aromatic heterocycles. The first-order chi connectivity index (χ1) is 14.8. The third-order valence-electron chi connectivity index (χ3n) is 5.39. The van der Waals surface area contributed by atoms with E-state index in [1.165, 1.54) is 41.6 Å². The van der Waals surface area contributed by atoms with Gasteiger partial charge in [-0.3, -0.25) is 9.48 Å². The maximum atomic E-state index is 13.4. The minimum atomic E-state index is -0.987. The number of halogens is 2. The van der Waals surface area contributed by atoms with Crippen molar-refractivity contribution >= 4 is 11.6 Å². The fourth-order valence-corrected chi connectivity index (χ4v) is 3.78. The van der Waals surface area contributed by atoms with Crippen LogP contribution in [0, 0.1) is 17.6 Å². The second-order valence-corrected chi connectivity index (χ2v) is 7.74. The van der Waals surface area contributed by atoms with Gasteiger partial charge in [-0.1, -0.05) is 6.92 Å². The van der Waals surface area contributed by atoms with E-state index >= 15 is 0 Å². The molecule has 1 fully saturated rings. The van der Waals surface area contributed by atoms with Crippen LogP contribution in [0.2, 0.25) is 0 Å². The molecule has 3 aromatic rings. The van der Waals surface area contributed by atoms with Crippen LogP contribution in [-0.2, 0) is 6.54 Å². The van der Waals surface area contributed by atoms with Crippen LogP contribution < -0.4 is 5.32 Å². The lowest BCUT2D eigenvalue weighted by atomic mass is 10.1. The molecule has 0 radical (unpaired) electrons. The van der Waals surface area contributed by atoms with E-state index in [-0.39, 0.29) is 29.5 Å². The Morgan fingerprint density at radius 1 is 1.23 bits per heavy atom. The summed E-state index contributed by atoms with van der Waals surface area (Å²) in [5, 5.41) is 27.4. The van der Waals surface area contributed by atoms with Crippen LogP contribution in [0.15, 0.2) is 43.0 Å². The fraction of sp³-hybridized carbons (Fsp3) is 0.333. The average molecular weight is 429 g/mol. The molecule has 31 heavy (non-hydrogen) atoms. The van der Waals surface area contributed by atoms with E-state index in [2.05, 4.69) is 20.4 Å². The molecule has 0 spiro atoms. The summed E-state index contributed by atoms with van der Waals surface area (Å²) in [5.41, 5.74) is 0.633. The molecule has 1 aromatic carbocycles. The van der Waals surface area contributed by atoms with E-state index in [0.717, 1.165) is 6.07 Å². The van der Waals surface area contributed by atoms with Gasteiger partial charge < -0.3 is 15.5 Å². The molecular formula is C21H21F2N5O3. The number of benzene rings is 1. The van der Waals surface area contributed by atoms with Gasteiger partial charge >= 0.3 is 0 Å². The van der Waals surface area contributed by atoms with Crippen molar-refractivity contribution in [3.63, 3.8) is 0 Å². The average Bonchev–Trinajstić information content (AvgIpc) is 3.28. The maximum Gasteiger partial charge on any atom is 0.218 e. The first-order valence-corrected chi connectivity index (χ1v) is 9.77. The highest BCUT2D eigenvalue weighted by molar-refractivity contribution is 6.10. The zero-order valence-electron chi connectivity index (χ0n) is 16.6. The lowest BCUT2D eigenvalue weighted by molar-refractivity contribution is 0.0210. The van der Waals surface area contributed by atoms with Crippen molar-refractivity contribution in [1.82, 2.24) is 19.7 Å². The molecule has 8 nitrogen and oxygen atoms in total. The first-order valence-electron chi connectivity index (χ1n) is 9.77. The first kappa shape index (κ1) is 21.0. The van der Waals surface area contributed by atoms with E-state index in [1.807, 2.05) is 6.92 Å². The standard InChI is InChI=1S/C21H21F2N5O3/c1-11-4-17(20(31)18(11)29)26-21-15(8-24-10-25-21)19(30)16-2-3-28(27-16)9-12-5-13(22)7-14(23)6-12/h2-3,5-8,10-11,17-18,20,29,31H,4,9H2,1H3,(H,24,25,26)/t11-,17-,18-,20+/m1/s1. The number of anilines is 1. The molecule has 4 atom stereocenters. The third kappa shape index (κ3) is 4.44. The van der Waals surface area contributed by atoms with Crippen molar-refractivity contribution in [1.29, 1.82) is 0 Å². The molecule has 2 heterocycles. The number of carbonyl (C=O) groups is 1. The number of hydrogen-bond acceptors (Lipinski definition) is 7. The minimum Gasteiger partial charge on any atom is -0.390 e. The van der Waals surface area contributed by atoms with Crippen LogP contribution in [0.3, 0.4) is 0 Å². The molecule has 0 amide bonds. The second-order valence-electron chi connectivity index (χ2n) is 7.74. The van der Waals surface area contributed by atoms with Crippen LogP contribution >= 0.6 is 0 Å². The largest absolute Gasteiger partial charge is 0.390 e. The highest BCUT2D eigenvalue weighted by atomic mass is 19.1. The summed E-state index contributed by atoms with van der Waals surface area (Å²) in [5.74, 6) is -1.70. The van der Waals surface area contributed by atoms with Gasteiger partial charge in [0.05, 0.1) is 24.3 Å². The molecule has 10 heteroatoms. The number of hydrogen-bond donors (Lipinski definition) is 3. The number of aliphatic hydroxyl groups is 2. The fourth-order valence-electron chi connectivity index (χ4n) is 3.78. The van der Waals surface area contributed by atoms with Crippen LogP contribution in [0.5, 0.6) is 0 Å². The van der Waals surface area contributed by atoms with Crippen molar-refractivity contribution in [3.05, 3.63) is 71.4 Å². The number of aliphatic hydroxyl groups excluding tert-OH is 2. The Bertz CT molecular complexity index is 1090. The monoisotopic (exact) mass is 429 g/mol. The SMILES string of the molecule is C[C@@H]1C[C@@H](Nc2ncncc2C(=O)c2ccn(Cc3cc(F)cc(F)c3)n2)[C@H](O)[C@@H]1O. The molecule has 162 valence electrons. The zero-order valence-corrected chi connectivity index (χ0v) is 16.6. The highest BCUT2D eigenvalue weighted by Gasteiger charge is 2.39. The van der Waals surface area contributed by atoms with Gasteiger partial charge in [-0.25, -0.2) is 18.7 Å². The summed E-state index contributed by atoms with van der Waals surface area (Å²) in [4.78, 5) is 21.0. The third-order valence-corrected chi connectivity index (χ3v) is 5.39. The van der Waals surface area contributed by atoms with Crippen molar-refractivity contribution < 1.29 is 23.8 Å². The number of nitrogens with zero attached hydrogens (tertiary/aromatic N) is 4. The summed E-state index contributed by atoms with van der Waals surface area (Å²) in [6.07, 6.45) is 2.82. The van der Waals surface area contributed by atoms with Crippen molar-refractivity contribution in [2.75, 3.05) is 5.32 Å². The van der Waals surface area contributed by atoms with Crippen molar-refractivity contribution in [3.8, 4) is 0 Å². The number of aromatic nitrogens is 4. The summed E-state index contributed by atoms with van der Waals surface area (Å²) in [6.45, 7) is 1.92. The number of rotatable bonds is 6. The van der Waals surface area contributed by atoms with Crippen LogP contribution in [0.25, 0.3) is 0 Å². The molecule has 1 aliphatic carbocycles. The molecule has 0 aliphatic heterocycles. The van der Waals surface area contributed by atoms with Gasteiger partial charge in [-0.2, -0.15) is 5.10 Å². The zero-order chi connectivity index (χ0) is 22.1. The Balaban J connectivity index is 1.53. The van der Waals surface area contributed by atoms with Gasteiger partial charge in [0, 0.05) is 18.5 Å². The Morgan fingerprint density at radius 2 is 1.97 bits per heavy atom. The molecule has 3 N–H and O–H groups in total. The highest BCUT2D eigenvalue weighted by Crippen LogP contribution is 2.29. The van der Waals surface area contributed by atoms with Gasteiger partial charge in [0.15, 0.2) is 0 Å². The van der Waals surface area contributed by atoms with E-state index in [9.17, 15) is 23.8 Å². The molecule has 0 saturated heterocycles. The molecule has 1 aliphatic rings. The Labute approximate surface area is 176 Å². The quantitative estimate of drug-likeness (QED) is 0.512. The Hall–Kier alpha value is -3.24. The second kappa shape index (κ2) is 8.48. The van der Waals surface area contributed by atoms with Crippen LogP contribution in [0.4, 0.5) is 14.6 Å². The van der Waals surface area contributed by atoms with Crippen molar-refractivity contribution in [2.24, 2.45) is 5.92 Å². The summed E-state index contributed by atoms with van der Waals surface area (Å²) in [7, 11) is 0. The minimum absolute atomic E-state index is 0.0857. The van der Waals surface area contributed by atoms with Gasteiger partial charge in [-0.15, -0.1) is 0 Å². The molecule has 1 saturated carbocycles. The molecule has 4 rings (SSSR count). The molecular weight excluding hydrogens is 408 g/mol. The number of carbonyl (C=O) groups excluding carboxylic acids is 1. The van der Waals surface area contributed by atoms with E-state index in [0.29, 0.717) is 12.0 Å². The predicted molar refractivity (Wildman–Crippen MR) is 106 cm³/mol. The Morgan fingerprint density at radius 3 is 2.65 bits per heavy atom. The topological polar surface area (TPSA) is 113 Å². The van der Waals surface area contributed by atoms with Crippen LogP contribution in [-0.4, -0.2) is 54.0 Å². The van der Waals surface area contributed by atoms with E-state index < -0.39 is 35.7 Å². The smallest absolute Gasteiger partial charge is 0.218 e. The van der Waals surface area contributed by atoms with Gasteiger partial charge in [-0.05, 0) is 36.1 Å². The summed E-state index contributed by atoms with van der Waals surface area (Å²) >= 11 is 0. The van der Waals surface area contributed by atoms with Crippen LogP contribution in [0.1, 0.15) is 35.0 Å². The predicted octanol–water partition coefficient (Wildman–Crippen LogP) is 1.77. The number of nitrogens with one attached hydrogen (secondary N) is 1. The lowest BCUT2D eigenvalue weighted by Gasteiger charge is -2.19. The van der Waals surface area contributed by atoms with Crippen molar-refractivity contribution in [2.45, 2.75) is 38.1 Å². The van der Waals surface area contributed by atoms with Gasteiger partial charge in [0.2, 0.25) is 5.78 Å². The normalized spacial score (nSPS) is 23.1. The Kier molecular flexibility index (Phi) is 5.75. The van der Waals surface area contributed by atoms with Gasteiger partial charge in [0.25, 0.3) is 0 Å². The van der Waals surface area contributed by atoms with E-state index in [1.54, 1.807) is 0 Å².